The Morgan fingerprint density at radius 1 is 1.53 bits per heavy atom. The number of ether oxygens (including phenoxy) is 1. The first kappa shape index (κ1) is 13.8. The number of carboxylic acid groups (broad SMARTS) is 1. The maximum atomic E-state index is 10.9. The molecule has 104 valence electrons. The second kappa shape index (κ2) is 6.02. The van der Waals surface area contributed by atoms with Crippen molar-refractivity contribution in [3.63, 3.8) is 0 Å². The van der Waals surface area contributed by atoms with Gasteiger partial charge in [0.25, 0.3) is 0 Å². The van der Waals surface area contributed by atoms with Crippen molar-refractivity contribution in [2.45, 2.75) is 32.3 Å². The van der Waals surface area contributed by atoms with E-state index in [-0.39, 0.29) is 11.7 Å². The first-order valence-corrected chi connectivity index (χ1v) is 6.61. The Morgan fingerprint density at radius 3 is 2.89 bits per heavy atom. The van der Waals surface area contributed by atoms with Crippen LogP contribution >= 0.6 is 0 Å². The predicted octanol–water partition coefficient (Wildman–Crippen LogP) is 2.09. The number of nitrogens with zero attached hydrogens (tertiary/aromatic N) is 2. The Balaban J connectivity index is 2.04. The van der Waals surface area contributed by atoms with Gasteiger partial charge in [0.2, 0.25) is 0 Å². The van der Waals surface area contributed by atoms with E-state index in [4.69, 9.17) is 9.84 Å². The third-order valence-electron chi connectivity index (χ3n) is 3.44. The third-order valence-corrected chi connectivity index (χ3v) is 3.44. The smallest absolute Gasteiger partial charge is 0.337 e. The highest BCUT2D eigenvalue weighted by Gasteiger charge is 2.17. The van der Waals surface area contributed by atoms with Crippen molar-refractivity contribution in [1.82, 2.24) is 4.98 Å². The van der Waals surface area contributed by atoms with E-state index in [1.165, 1.54) is 6.42 Å². The third kappa shape index (κ3) is 3.44. The van der Waals surface area contributed by atoms with Crippen LogP contribution in [0.4, 0.5) is 5.82 Å². The van der Waals surface area contributed by atoms with E-state index in [2.05, 4.69) is 4.98 Å². The highest BCUT2D eigenvalue weighted by Crippen LogP contribution is 2.18. The molecule has 1 saturated heterocycles. The van der Waals surface area contributed by atoms with E-state index < -0.39 is 5.97 Å². The Bertz CT molecular complexity index is 456. The molecule has 2 heterocycles. The number of carboxylic acids is 1. The molecule has 1 aliphatic rings. The molecule has 19 heavy (non-hydrogen) atoms. The molecule has 1 atom stereocenters. The normalized spacial score (nSPS) is 19.2. The Morgan fingerprint density at radius 2 is 2.32 bits per heavy atom. The lowest BCUT2D eigenvalue weighted by Crippen LogP contribution is -2.33. The van der Waals surface area contributed by atoms with Gasteiger partial charge in [-0.1, -0.05) is 0 Å². The zero-order valence-electron chi connectivity index (χ0n) is 11.4. The summed E-state index contributed by atoms with van der Waals surface area (Å²) in [6.45, 7) is 3.35. The monoisotopic (exact) mass is 264 g/mol. The van der Waals surface area contributed by atoms with Crippen molar-refractivity contribution in [3.05, 3.63) is 23.4 Å². The van der Waals surface area contributed by atoms with Crippen LogP contribution in [-0.4, -0.2) is 42.4 Å². The van der Waals surface area contributed by atoms with Crippen LogP contribution in [0.1, 0.15) is 35.3 Å². The Hall–Kier alpha value is -1.62. The molecule has 2 rings (SSSR count). The van der Waals surface area contributed by atoms with Crippen LogP contribution in [0.15, 0.2) is 12.1 Å². The molecule has 0 aromatic carbocycles. The zero-order valence-corrected chi connectivity index (χ0v) is 11.4. The average molecular weight is 264 g/mol. The minimum atomic E-state index is -0.935. The average Bonchev–Trinajstić information content (AvgIpc) is 2.39. The first-order chi connectivity index (χ1) is 9.08. The van der Waals surface area contributed by atoms with Gasteiger partial charge < -0.3 is 14.7 Å². The summed E-state index contributed by atoms with van der Waals surface area (Å²) in [7, 11) is 1.96. The Kier molecular flexibility index (Phi) is 4.37. The quantitative estimate of drug-likeness (QED) is 0.902. The van der Waals surface area contributed by atoms with Gasteiger partial charge in [0.05, 0.1) is 17.4 Å². The van der Waals surface area contributed by atoms with E-state index in [0.29, 0.717) is 5.69 Å². The molecule has 0 saturated carbocycles. The number of carbonyl (C=O) groups is 1. The van der Waals surface area contributed by atoms with E-state index in [1.54, 1.807) is 19.1 Å². The van der Waals surface area contributed by atoms with Crippen molar-refractivity contribution >= 4 is 11.8 Å². The number of anilines is 1. The largest absolute Gasteiger partial charge is 0.478 e. The van der Waals surface area contributed by atoms with Crippen LogP contribution in [0.3, 0.4) is 0 Å². The molecular weight excluding hydrogens is 244 g/mol. The van der Waals surface area contributed by atoms with Crippen molar-refractivity contribution in [2.75, 3.05) is 25.1 Å². The van der Waals surface area contributed by atoms with Crippen LogP contribution in [-0.2, 0) is 4.74 Å². The number of aromatic nitrogens is 1. The maximum Gasteiger partial charge on any atom is 0.337 e. The second-order valence-electron chi connectivity index (χ2n) is 4.98. The van der Waals surface area contributed by atoms with Crippen LogP contribution in [0.2, 0.25) is 0 Å². The molecule has 0 amide bonds. The van der Waals surface area contributed by atoms with Crippen molar-refractivity contribution in [1.29, 1.82) is 0 Å². The molecule has 0 radical (unpaired) electrons. The van der Waals surface area contributed by atoms with Crippen LogP contribution in [0.25, 0.3) is 0 Å². The molecule has 1 fully saturated rings. The lowest BCUT2D eigenvalue weighted by molar-refractivity contribution is 0.0215. The van der Waals surface area contributed by atoms with Gasteiger partial charge in [0, 0.05) is 20.2 Å². The van der Waals surface area contributed by atoms with Gasteiger partial charge in [-0.25, -0.2) is 9.78 Å². The molecule has 5 heteroatoms. The highest BCUT2D eigenvalue weighted by atomic mass is 16.5. The summed E-state index contributed by atoms with van der Waals surface area (Å²) in [5.74, 6) is -0.147. The fourth-order valence-electron chi connectivity index (χ4n) is 2.34. The SMILES string of the molecule is Cc1nc(N(C)CC2CCCCO2)ccc1C(=O)O. The first-order valence-electron chi connectivity index (χ1n) is 6.61. The summed E-state index contributed by atoms with van der Waals surface area (Å²) in [6.07, 6.45) is 3.68. The van der Waals surface area contributed by atoms with Gasteiger partial charge >= 0.3 is 5.97 Å². The minimum Gasteiger partial charge on any atom is -0.478 e. The molecule has 1 aromatic rings. The summed E-state index contributed by atoms with van der Waals surface area (Å²) in [5, 5.41) is 8.98. The van der Waals surface area contributed by atoms with Gasteiger partial charge in [-0.15, -0.1) is 0 Å². The van der Waals surface area contributed by atoms with Gasteiger partial charge in [-0.05, 0) is 38.3 Å². The summed E-state index contributed by atoms with van der Waals surface area (Å²) < 4.78 is 5.70. The summed E-state index contributed by atoms with van der Waals surface area (Å²) in [5.41, 5.74) is 0.799. The number of rotatable bonds is 4. The molecule has 1 unspecified atom stereocenters. The topological polar surface area (TPSA) is 62.7 Å². The second-order valence-corrected chi connectivity index (χ2v) is 4.98. The van der Waals surface area contributed by atoms with E-state index >= 15 is 0 Å². The van der Waals surface area contributed by atoms with E-state index in [0.717, 1.165) is 31.8 Å². The van der Waals surface area contributed by atoms with Gasteiger partial charge in [-0.3, -0.25) is 0 Å². The fourth-order valence-corrected chi connectivity index (χ4v) is 2.34. The van der Waals surface area contributed by atoms with E-state index in [1.807, 2.05) is 11.9 Å². The molecule has 0 spiro atoms. The summed E-state index contributed by atoms with van der Waals surface area (Å²) >= 11 is 0. The fraction of sp³-hybridized carbons (Fsp3) is 0.571. The number of aryl methyl sites for hydroxylation is 1. The number of pyridine rings is 1. The van der Waals surface area contributed by atoms with Gasteiger partial charge in [0.15, 0.2) is 0 Å². The van der Waals surface area contributed by atoms with Gasteiger partial charge in [0.1, 0.15) is 5.82 Å². The van der Waals surface area contributed by atoms with Crippen LogP contribution in [0, 0.1) is 6.92 Å². The standard InChI is InChI=1S/C14H20N2O3/c1-10-12(14(17)18)6-7-13(15-10)16(2)9-11-5-3-4-8-19-11/h6-7,11H,3-5,8-9H2,1-2H3,(H,17,18). The van der Waals surface area contributed by atoms with Gasteiger partial charge in [-0.2, -0.15) is 0 Å². The molecule has 5 nitrogen and oxygen atoms in total. The predicted molar refractivity (Wildman–Crippen MR) is 72.8 cm³/mol. The minimum absolute atomic E-state index is 0.250. The molecular formula is C14H20N2O3. The molecule has 0 aliphatic carbocycles. The molecule has 1 aromatic heterocycles. The lowest BCUT2D eigenvalue weighted by Gasteiger charge is -2.28. The zero-order chi connectivity index (χ0) is 13.8. The van der Waals surface area contributed by atoms with Crippen LogP contribution in [0.5, 0.6) is 0 Å². The summed E-state index contributed by atoms with van der Waals surface area (Å²) in [6, 6.07) is 3.36. The number of likely N-dealkylation sites (N-methyl/N-ethyl adjacent to an activating group) is 1. The number of hydrogen-bond donors (Lipinski definition) is 1. The van der Waals surface area contributed by atoms with Crippen LogP contribution < -0.4 is 4.90 Å². The Labute approximate surface area is 113 Å². The van der Waals surface area contributed by atoms with E-state index in [9.17, 15) is 4.79 Å². The maximum absolute atomic E-state index is 10.9. The lowest BCUT2D eigenvalue weighted by atomic mass is 10.1. The molecule has 0 bridgehead atoms. The molecule has 1 N–H and O–H groups in total. The summed E-state index contributed by atoms with van der Waals surface area (Å²) in [4.78, 5) is 17.3. The van der Waals surface area contributed by atoms with Crippen molar-refractivity contribution in [2.24, 2.45) is 0 Å². The number of hydrogen-bond acceptors (Lipinski definition) is 4. The van der Waals surface area contributed by atoms with Crippen molar-refractivity contribution in [3.8, 4) is 0 Å². The number of aromatic carboxylic acids is 1. The van der Waals surface area contributed by atoms with Crippen molar-refractivity contribution < 1.29 is 14.6 Å². The highest BCUT2D eigenvalue weighted by molar-refractivity contribution is 5.89. The molecule has 1 aliphatic heterocycles.